The molecule has 118 valence electrons. The van der Waals surface area contributed by atoms with Crippen molar-refractivity contribution in [3.63, 3.8) is 0 Å². The standard InChI is InChI=1S/C19H20N2O2/c20-11-5-12-21(14-16-8-4-13-23-16)19(22)18-10-3-7-15-6-1-2-9-17(15)18/h1-2,4,6,8-9,13,18H,3,5,7,10,12,14H2. The van der Waals surface area contributed by atoms with E-state index in [0.717, 1.165) is 30.6 Å². The second kappa shape index (κ2) is 7.15. The minimum Gasteiger partial charge on any atom is -0.467 e. The lowest BCUT2D eigenvalue weighted by Gasteiger charge is -2.30. The van der Waals surface area contributed by atoms with Gasteiger partial charge in [0.15, 0.2) is 0 Å². The van der Waals surface area contributed by atoms with Crippen molar-refractivity contribution in [2.45, 2.75) is 38.1 Å². The van der Waals surface area contributed by atoms with Crippen molar-refractivity contribution in [1.29, 1.82) is 5.26 Å². The third-order valence-electron chi connectivity index (χ3n) is 4.40. The minimum atomic E-state index is -0.103. The molecular weight excluding hydrogens is 288 g/mol. The summed E-state index contributed by atoms with van der Waals surface area (Å²) in [4.78, 5) is 14.8. The highest BCUT2D eigenvalue weighted by Gasteiger charge is 2.30. The van der Waals surface area contributed by atoms with Gasteiger partial charge >= 0.3 is 0 Å². The Balaban J connectivity index is 1.82. The Morgan fingerprint density at radius 3 is 2.96 bits per heavy atom. The number of carbonyl (C=O) groups is 1. The fourth-order valence-corrected chi connectivity index (χ4v) is 3.27. The van der Waals surface area contributed by atoms with Crippen molar-refractivity contribution in [3.8, 4) is 6.07 Å². The first-order chi connectivity index (χ1) is 11.3. The number of hydrogen-bond donors (Lipinski definition) is 0. The first-order valence-electron chi connectivity index (χ1n) is 8.05. The van der Waals surface area contributed by atoms with Gasteiger partial charge in [-0.2, -0.15) is 5.26 Å². The molecule has 0 saturated carbocycles. The molecule has 1 aromatic heterocycles. The van der Waals surface area contributed by atoms with Crippen LogP contribution >= 0.6 is 0 Å². The summed E-state index contributed by atoms with van der Waals surface area (Å²) in [5, 5.41) is 8.88. The Bertz CT molecular complexity index is 700. The Hall–Kier alpha value is -2.54. The van der Waals surface area contributed by atoms with Crippen molar-refractivity contribution >= 4 is 5.91 Å². The van der Waals surface area contributed by atoms with Gasteiger partial charge < -0.3 is 9.32 Å². The molecule has 1 atom stereocenters. The van der Waals surface area contributed by atoms with Crippen LogP contribution in [0.5, 0.6) is 0 Å². The van der Waals surface area contributed by atoms with Gasteiger partial charge in [0.2, 0.25) is 5.91 Å². The number of nitriles is 1. The lowest BCUT2D eigenvalue weighted by molar-refractivity contribution is -0.134. The second-order valence-electron chi connectivity index (χ2n) is 5.89. The molecule has 0 radical (unpaired) electrons. The molecule has 1 aromatic carbocycles. The third-order valence-corrected chi connectivity index (χ3v) is 4.40. The van der Waals surface area contributed by atoms with E-state index in [1.54, 1.807) is 11.2 Å². The van der Waals surface area contributed by atoms with E-state index in [0.29, 0.717) is 19.5 Å². The van der Waals surface area contributed by atoms with Crippen LogP contribution < -0.4 is 0 Å². The van der Waals surface area contributed by atoms with Crippen molar-refractivity contribution in [2.24, 2.45) is 0 Å². The Morgan fingerprint density at radius 1 is 1.30 bits per heavy atom. The van der Waals surface area contributed by atoms with Gasteiger partial charge in [0.1, 0.15) is 5.76 Å². The molecule has 0 spiro atoms. The van der Waals surface area contributed by atoms with Crippen LogP contribution in [0.25, 0.3) is 0 Å². The normalized spacial score (nSPS) is 16.4. The van der Waals surface area contributed by atoms with Crippen LogP contribution in [-0.2, 0) is 17.8 Å². The van der Waals surface area contributed by atoms with E-state index >= 15 is 0 Å². The number of fused-ring (bicyclic) bond motifs is 1. The van der Waals surface area contributed by atoms with Gasteiger partial charge in [-0.1, -0.05) is 24.3 Å². The van der Waals surface area contributed by atoms with E-state index in [1.807, 2.05) is 24.3 Å². The molecule has 0 aliphatic heterocycles. The molecule has 4 heteroatoms. The van der Waals surface area contributed by atoms with E-state index in [4.69, 9.17) is 9.68 Å². The largest absolute Gasteiger partial charge is 0.467 e. The highest BCUT2D eigenvalue weighted by molar-refractivity contribution is 5.84. The van der Waals surface area contributed by atoms with Crippen molar-refractivity contribution < 1.29 is 9.21 Å². The molecule has 1 aliphatic carbocycles. The van der Waals surface area contributed by atoms with Crippen molar-refractivity contribution in [3.05, 3.63) is 59.5 Å². The van der Waals surface area contributed by atoms with Crippen LogP contribution in [0, 0.1) is 11.3 Å². The van der Waals surface area contributed by atoms with E-state index in [2.05, 4.69) is 18.2 Å². The minimum absolute atomic E-state index is 0.101. The van der Waals surface area contributed by atoms with Gasteiger partial charge in [-0.3, -0.25) is 4.79 Å². The van der Waals surface area contributed by atoms with Gasteiger partial charge in [-0.05, 0) is 42.5 Å². The quantitative estimate of drug-likeness (QED) is 0.847. The fraction of sp³-hybridized carbons (Fsp3) is 0.368. The summed E-state index contributed by atoms with van der Waals surface area (Å²) in [5.41, 5.74) is 2.42. The monoisotopic (exact) mass is 308 g/mol. The lowest BCUT2D eigenvalue weighted by atomic mass is 9.82. The molecule has 23 heavy (non-hydrogen) atoms. The Labute approximate surface area is 136 Å². The van der Waals surface area contributed by atoms with E-state index < -0.39 is 0 Å². The zero-order chi connectivity index (χ0) is 16.1. The van der Waals surface area contributed by atoms with Gasteiger partial charge in [-0.15, -0.1) is 0 Å². The van der Waals surface area contributed by atoms with Crippen LogP contribution in [0.1, 0.15) is 42.1 Å². The molecule has 0 fully saturated rings. The summed E-state index contributed by atoms with van der Waals surface area (Å²) in [6, 6.07) is 14.0. The maximum absolute atomic E-state index is 13.1. The fourth-order valence-electron chi connectivity index (χ4n) is 3.27. The lowest BCUT2D eigenvalue weighted by Crippen LogP contribution is -2.36. The molecule has 1 amide bonds. The Morgan fingerprint density at radius 2 is 2.17 bits per heavy atom. The highest BCUT2D eigenvalue weighted by atomic mass is 16.3. The molecule has 1 unspecified atom stereocenters. The van der Waals surface area contributed by atoms with Crippen LogP contribution in [0.2, 0.25) is 0 Å². The molecule has 4 nitrogen and oxygen atoms in total. The maximum atomic E-state index is 13.1. The SMILES string of the molecule is N#CCCN(Cc1ccco1)C(=O)C1CCCc2ccccc21. The summed E-state index contributed by atoms with van der Waals surface area (Å²) in [6.07, 6.45) is 4.88. The van der Waals surface area contributed by atoms with E-state index in [9.17, 15) is 4.79 Å². The van der Waals surface area contributed by atoms with Crippen LogP contribution in [0.4, 0.5) is 0 Å². The van der Waals surface area contributed by atoms with Gasteiger partial charge in [0.25, 0.3) is 0 Å². The molecular formula is C19H20N2O2. The first kappa shape index (κ1) is 15.4. The predicted octanol–water partition coefficient (Wildman–Crippen LogP) is 3.64. The average molecular weight is 308 g/mol. The summed E-state index contributed by atoms with van der Waals surface area (Å²) in [5.74, 6) is 0.748. The molecule has 2 aromatic rings. The van der Waals surface area contributed by atoms with E-state index in [1.165, 1.54) is 5.56 Å². The topological polar surface area (TPSA) is 57.2 Å². The summed E-state index contributed by atoms with van der Waals surface area (Å²) in [7, 11) is 0. The highest BCUT2D eigenvalue weighted by Crippen LogP contribution is 2.33. The summed E-state index contributed by atoms with van der Waals surface area (Å²) >= 11 is 0. The van der Waals surface area contributed by atoms with E-state index in [-0.39, 0.29) is 11.8 Å². The molecule has 3 rings (SSSR count). The molecule has 1 aliphatic rings. The number of rotatable bonds is 5. The average Bonchev–Trinajstić information content (AvgIpc) is 3.10. The first-order valence-corrected chi connectivity index (χ1v) is 8.05. The van der Waals surface area contributed by atoms with Crippen LogP contribution in [0.15, 0.2) is 47.1 Å². The predicted molar refractivity (Wildman–Crippen MR) is 86.5 cm³/mol. The summed E-state index contributed by atoms with van der Waals surface area (Å²) < 4.78 is 5.37. The Kier molecular flexibility index (Phi) is 4.77. The van der Waals surface area contributed by atoms with Crippen molar-refractivity contribution in [2.75, 3.05) is 6.54 Å². The summed E-state index contributed by atoms with van der Waals surface area (Å²) in [6.45, 7) is 0.862. The number of carbonyl (C=O) groups excluding carboxylic acids is 1. The third kappa shape index (κ3) is 3.45. The number of amides is 1. The molecule has 0 saturated heterocycles. The number of furan rings is 1. The van der Waals surface area contributed by atoms with Gasteiger partial charge in [0.05, 0.1) is 31.2 Å². The van der Waals surface area contributed by atoms with Gasteiger partial charge in [0, 0.05) is 6.54 Å². The number of aryl methyl sites for hydroxylation is 1. The second-order valence-corrected chi connectivity index (χ2v) is 5.89. The number of nitrogens with zero attached hydrogens (tertiary/aromatic N) is 2. The molecule has 1 heterocycles. The maximum Gasteiger partial charge on any atom is 0.230 e. The van der Waals surface area contributed by atoms with Crippen LogP contribution in [0.3, 0.4) is 0 Å². The smallest absolute Gasteiger partial charge is 0.230 e. The zero-order valence-electron chi connectivity index (χ0n) is 13.1. The molecule has 0 bridgehead atoms. The zero-order valence-corrected chi connectivity index (χ0v) is 13.1. The molecule has 0 N–H and O–H groups in total. The number of benzene rings is 1. The number of hydrogen-bond acceptors (Lipinski definition) is 3. The van der Waals surface area contributed by atoms with Gasteiger partial charge in [-0.25, -0.2) is 0 Å². The van der Waals surface area contributed by atoms with Crippen molar-refractivity contribution in [1.82, 2.24) is 4.90 Å². The van der Waals surface area contributed by atoms with Crippen LogP contribution in [-0.4, -0.2) is 17.4 Å².